The first kappa shape index (κ1) is 30.4. The quantitative estimate of drug-likeness (QED) is 0.139. The highest BCUT2D eigenvalue weighted by Gasteiger charge is 2.73. The molecule has 2 rings (SSSR count). The molecule has 0 aliphatic carbocycles. The van der Waals surface area contributed by atoms with Crippen LogP contribution in [-0.4, -0.2) is 31.3 Å². The van der Waals surface area contributed by atoms with Crippen LogP contribution in [0.25, 0.3) is 4.85 Å². The summed E-state index contributed by atoms with van der Waals surface area (Å²) in [6, 6.07) is 2.35. The summed E-state index contributed by atoms with van der Waals surface area (Å²) in [6.45, 7) is 6.88. The lowest BCUT2D eigenvalue weighted by atomic mass is 9.92. The van der Waals surface area contributed by atoms with Gasteiger partial charge in [-0.25, -0.2) is 15.4 Å². The lowest BCUT2D eigenvalue weighted by Gasteiger charge is -2.31. The van der Waals surface area contributed by atoms with Gasteiger partial charge in [0.1, 0.15) is 0 Å². The Labute approximate surface area is 215 Å². The van der Waals surface area contributed by atoms with E-state index in [1.165, 1.54) is 6.07 Å². The number of hydrogen-bond acceptors (Lipinski definition) is 2. The Morgan fingerprint density at radius 1 is 0.973 bits per heavy atom. The predicted octanol–water partition coefficient (Wildman–Crippen LogP) is 7.71. The lowest BCUT2D eigenvalue weighted by Crippen LogP contribution is -2.50. The Bertz CT molecular complexity index is 1190. The van der Waals surface area contributed by atoms with E-state index in [1.807, 2.05) is 0 Å². The van der Waals surface area contributed by atoms with Gasteiger partial charge in [0, 0.05) is 22.1 Å². The number of alkyl halides is 10. The minimum absolute atomic E-state index is 0.103. The van der Waals surface area contributed by atoms with Gasteiger partial charge < -0.3 is 15.5 Å². The van der Waals surface area contributed by atoms with E-state index in [0.29, 0.717) is 6.42 Å². The number of halogens is 12. The summed E-state index contributed by atoms with van der Waals surface area (Å²) in [5.74, 6) is -2.74. The maximum absolute atomic E-state index is 14.7. The molecule has 0 aliphatic heterocycles. The Balaban J connectivity index is 2.57. The Morgan fingerprint density at radius 2 is 1.57 bits per heavy atom. The molecule has 0 saturated heterocycles. The van der Waals surface area contributed by atoms with Crippen LogP contribution < -0.4 is 10.6 Å². The van der Waals surface area contributed by atoms with E-state index in [0.717, 1.165) is 34.7 Å². The molecule has 2 N–H and O–H groups in total. The first-order valence-corrected chi connectivity index (χ1v) is 10.8. The van der Waals surface area contributed by atoms with E-state index in [1.54, 1.807) is 5.32 Å². The molecule has 1 amide bonds. The van der Waals surface area contributed by atoms with Crippen molar-refractivity contribution in [1.29, 1.82) is 0 Å². The average Bonchev–Trinajstić information content (AvgIpc) is 2.75. The number of amides is 1. The third kappa shape index (κ3) is 6.36. The molecule has 0 fully saturated rings. The highest BCUT2D eigenvalue weighted by atomic mass is 127. The Kier molecular flexibility index (Phi) is 8.93. The van der Waals surface area contributed by atoms with Crippen molar-refractivity contribution in [3.8, 4) is 0 Å². The molecular weight excluding hydrogens is 646 g/mol. The first-order chi connectivity index (χ1) is 16.9. The summed E-state index contributed by atoms with van der Waals surface area (Å²) in [5, 5.41) is 4.21. The van der Waals surface area contributed by atoms with Gasteiger partial charge in [0.05, 0.1) is 22.5 Å². The van der Waals surface area contributed by atoms with Gasteiger partial charge in [-0.05, 0) is 46.9 Å². The number of benzene rings is 2. The van der Waals surface area contributed by atoms with Crippen molar-refractivity contribution in [2.75, 3.05) is 23.7 Å². The zero-order valence-corrected chi connectivity index (χ0v) is 20.1. The molecule has 0 spiro atoms. The fourth-order valence-electron chi connectivity index (χ4n) is 3.05. The first-order valence-electron chi connectivity index (χ1n) is 9.76. The van der Waals surface area contributed by atoms with Crippen molar-refractivity contribution in [2.24, 2.45) is 0 Å². The SMILES string of the molecule is [C-]#[N+]CCCNc1cccc(C(=O)Nc2c(I)cc(C(F)(C(F)(F)F)C(F)(F)F)cc2C(F)(F)F)c1F. The van der Waals surface area contributed by atoms with Gasteiger partial charge in [0.25, 0.3) is 5.91 Å². The molecule has 2 aromatic carbocycles. The van der Waals surface area contributed by atoms with Crippen molar-refractivity contribution in [3.05, 3.63) is 67.8 Å². The number of nitrogens with one attached hydrogen (secondary N) is 2. The third-order valence-electron chi connectivity index (χ3n) is 4.82. The maximum Gasteiger partial charge on any atom is 0.435 e. The summed E-state index contributed by atoms with van der Waals surface area (Å²) < 4.78 is 148. The molecule has 202 valence electrons. The number of nitrogens with zero attached hydrogens (tertiary/aromatic N) is 1. The average molecular weight is 659 g/mol. The molecule has 4 nitrogen and oxygen atoms in total. The van der Waals surface area contributed by atoms with Crippen molar-refractivity contribution in [1.82, 2.24) is 0 Å². The monoisotopic (exact) mass is 659 g/mol. The van der Waals surface area contributed by atoms with Gasteiger partial charge >= 0.3 is 24.2 Å². The number of anilines is 2. The molecule has 37 heavy (non-hydrogen) atoms. The van der Waals surface area contributed by atoms with Crippen LogP contribution >= 0.6 is 22.6 Å². The minimum Gasteiger partial charge on any atom is -0.382 e. The normalized spacial score (nSPS) is 12.7. The number of hydrogen-bond donors (Lipinski definition) is 2. The standard InChI is InChI=1S/C21H13F11IN3O/c1-34-6-3-7-35-14-5-2-4-11(15(14)22)17(37)36-16-12(19(24,25)26)8-10(9-13(16)33)18(23,20(27,28)29)21(30,31)32/h2,4-5,8-9,35H,3,6-7H2,(H,36,37). The summed E-state index contributed by atoms with van der Waals surface area (Å²) in [5.41, 5.74) is -13.1. The second kappa shape index (κ2) is 10.9. The molecule has 0 unspecified atom stereocenters. The van der Waals surface area contributed by atoms with Gasteiger partial charge in [0.2, 0.25) is 6.54 Å². The highest BCUT2D eigenvalue weighted by Crippen LogP contribution is 2.54. The van der Waals surface area contributed by atoms with Crippen LogP contribution in [0.4, 0.5) is 59.7 Å². The van der Waals surface area contributed by atoms with Crippen molar-refractivity contribution >= 4 is 39.9 Å². The van der Waals surface area contributed by atoms with Crippen LogP contribution in [0.15, 0.2) is 30.3 Å². The summed E-state index contributed by atoms with van der Waals surface area (Å²) in [6.07, 6.45) is -18.7. The van der Waals surface area contributed by atoms with E-state index in [2.05, 4.69) is 10.2 Å². The fourth-order valence-corrected chi connectivity index (χ4v) is 3.81. The maximum atomic E-state index is 14.7. The van der Waals surface area contributed by atoms with Gasteiger partial charge in [-0.3, -0.25) is 4.79 Å². The minimum atomic E-state index is -6.67. The van der Waals surface area contributed by atoms with Crippen LogP contribution in [0.2, 0.25) is 0 Å². The molecule has 16 heteroatoms. The van der Waals surface area contributed by atoms with Gasteiger partial charge in [-0.1, -0.05) is 6.07 Å². The second-order valence-electron chi connectivity index (χ2n) is 7.32. The zero-order chi connectivity index (χ0) is 28.4. The molecule has 2 aromatic rings. The van der Waals surface area contributed by atoms with Crippen molar-refractivity contribution in [2.45, 2.75) is 30.6 Å². The lowest BCUT2D eigenvalue weighted by molar-refractivity contribution is -0.348. The van der Waals surface area contributed by atoms with Crippen LogP contribution in [0.3, 0.4) is 0 Å². The smallest absolute Gasteiger partial charge is 0.382 e. The summed E-state index contributed by atoms with van der Waals surface area (Å²) in [7, 11) is 0. The van der Waals surface area contributed by atoms with E-state index in [9.17, 15) is 53.1 Å². The summed E-state index contributed by atoms with van der Waals surface area (Å²) in [4.78, 5) is 15.6. The molecule has 0 bridgehead atoms. The van der Waals surface area contributed by atoms with Crippen molar-refractivity contribution in [3.63, 3.8) is 0 Å². The predicted molar refractivity (Wildman–Crippen MR) is 118 cm³/mol. The van der Waals surface area contributed by atoms with E-state index in [-0.39, 0.29) is 24.8 Å². The molecule has 0 atom stereocenters. The second-order valence-corrected chi connectivity index (χ2v) is 8.48. The molecule has 0 saturated carbocycles. The van der Waals surface area contributed by atoms with E-state index >= 15 is 0 Å². The van der Waals surface area contributed by atoms with Gasteiger partial charge in [-0.15, -0.1) is 0 Å². The van der Waals surface area contributed by atoms with Crippen LogP contribution in [0.1, 0.15) is 27.9 Å². The number of rotatable bonds is 7. The summed E-state index contributed by atoms with van der Waals surface area (Å²) >= 11 is 0.896. The zero-order valence-electron chi connectivity index (χ0n) is 17.9. The Morgan fingerprint density at radius 3 is 2.08 bits per heavy atom. The molecule has 0 radical (unpaired) electrons. The topological polar surface area (TPSA) is 45.5 Å². The Hall–Kier alpha value is -2.84. The van der Waals surface area contributed by atoms with Crippen LogP contribution in [0.5, 0.6) is 0 Å². The van der Waals surface area contributed by atoms with E-state index in [4.69, 9.17) is 6.57 Å². The third-order valence-corrected chi connectivity index (χ3v) is 5.67. The highest BCUT2D eigenvalue weighted by molar-refractivity contribution is 14.1. The van der Waals surface area contributed by atoms with E-state index < -0.39 is 67.9 Å². The molecular formula is C21H13F11IN3O. The molecule has 0 heterocycles. The number of carbonyl (C=O) groups is 1. The molecule has 0 aromatic heterocycles. The van der Waals surface area contributed by atoms with Gasteiger partial charge in [0.15, 0.2) is 5.82 Å². The fraction of sp³-hybridized carbons (Fsp3) is 0.333. The van der Waals surface area contributed by atoms with Gasteiger partial charge in [-0.2, -0.15) is 39.5 Å². The number of carbonyl (C=O) groups excluding carboxylic acids is 1. The van der Waals surface area contributed by atoms with Crippen LogP contribution in [-0.2, 0) is 11.8 Å². The van der Waals surface area contributed by atoms with Crippen LogP contribution in [0, 0.1) is 16.0 Å². The van der Waals surface area contributed by atoms with Crippen molar-refractivity contribution < 1.29 is 53.1 Å². The largest absolute Gasteiger partial charge is 0.435 e. The molecule has 0 aliphatic rings.